The van der Waals surface area contributed by atoms with Gasteiger partial charge in [-0.25, -0.2) is 14.8 Å². The minimum absolute atomic E-state index is 0.369. The average molecular weight is 451 g/mol. The van der Waals surface area contributed by atoms with E-state index in [9.17, 15) is 4.79 Å². The van der Waals surface area contributed by atoms with Crippen LogP contribution in [0.25, 0.3) is 11.4 Å². The molecule has 0 radical (unpaired) electrons. The van der Waals surface area contributed by atoms with Crippen molar-refractivity contribution in [3.05, 3.63) is 54.4 Å². The predicted molar refractivity (Wildman–Crippen MR) is 137 cm³/mol. The summed E-state index contributed by atoms with van der Waals surface area (Å²) in [5.41, 5.74) is 2.32. The summed E-state index contributed by atoms with van der Waals surface area (Å²) in [4.78, 5) is 20.7. The van der Waals surface area contributed by atoms with E-state index in [0.29, 0.717) is 11.6 Å². The highest BCUT2D eigenvalue weighted by molar-refractivity contribution is 5.83. The Morgan fingerprint density at radius 1 is 0.788 bits per heavy atom. The number of aryl methyl sites for hydroxylation is 1. The average Bonchev–Trinajstić information content (AvgIpc) is 2.84. The smallest absolute Gasteiger partial charge is 0.335 e. The molecule has 4 heteroatoms. The summed E-state index contributed by atoms with van der Waals surface area (Å²) in [6.07, 6.45) is 23.9. The molecule has 0 atom stereocenters. The quantitative estimate of drug-likeness (QED) is 0.138. The molecule has 0 fully saturated rings. The minimum atomic E-state index is -0.377. The Bertz CT molecular complexity index is 797. The second-order valence-electron chi connectivity index (χ2n) is 8.84. The first kappa shape index (κ1) is 26.8. The Labute approximate surface area is 200 Å². The number of hydrogen-bond donors (Lipinski definition) is 0. The van der Waals surface area contributed by atoms with Crippen LogP contribution in [-0.4, -0.2) is 15.9 Å². The first-order valence-corrected chi connectivity index (χ1v) is 13.0. The van der Waals surface area contributed by atoms with Crippen LogP contribution in [0.15, 0.2) is 48.8 Å². The maximum atomic E-state index is 12.0. The highest BCUT2D eigenvalue weighted by atomic mass is 16.5. The fraction of sp³-hybridized carbons (Fsp3) is 0.552. The summed E-state index contributed by atoms with van der Waals surface area (Å²) in [6.45, 7) is 4.48. The summed E-state index contributed by atoms with van der Waals surface area (Å²) in [7, 11) is 0. The maximum absolute atomic E-state index is 12.0. The molecule has 0 bridgehead atoms. The number of nitrogens with zero attached hydrogens (tertiary/aromatic N) is 2. The molecule has 0 saturated heterocycles. The second-order valence-corrected chi connectivity index (χ2v) is 8.84. The molecule has 1 aromatic heterocycles. The lowest BCUT2D eigenvalue weighted by atomic mass is 10.0. The molecular weight excluding hydrogens is 408 g/mol. The highest BCUT2D eigenvalue weighted by Gasteiger charge is 2.05. The molecule has 0 N–H and O–H groups in total. The lowest BCUT2D eigenvalue weighted by molar-refractivity contribution is -0.129. The van der Waals surface area contributed by atoms with Crippen molar-refractivity contribution in [2.45, 2.75) is 104 Å². The Morgan fingerprint density at radius 2 is 1.36 bits per heavy atom. The molecule has 180 valence electrons. The van der Waals surface area contributed by atoms with E-state index < -0.39 is 0 Å². The molecule has 0 aliphatic rings. The van der Waals surface area contributed by atoms with E-state index in [1.54, 1.807) is 12.4 Å². The van der Waals surface area contributed by atoms with Crippen LogP contribution in [0, 0.1) is 0 Å². The zero-order valence-electron chi connectivity index (χ0n) is 20.7. The molecule has 0 unspecified atom stereocenters. The largest absolute Gasteiger partial charge is 0.420 e. The van der Waals surface area contributed by atoms with Crippen molar-refractivity contribution in [2.24, 2.45) is 0 Å². The third-order valence-electron chi connectivity index (χ3n) is 5.86. The standard InChI is InChI=1S/C29H42N2O2/c1-3-5-7-9-10-11-12-14-16-18-28(32)33-27-23-30-29(31-24-27)26-21-19-25(20-22-26)17-15-13-8-6-4-2/h16,18-24H,3-15,17H2,1-2H3. The number of allylic oxidation sites excluding steroid dienone is 1. The zero-order valence-corrected chi connectivity index (χ0v) is 20.7. The van der Waals surface area contributed by atoms with Gasteiger partial charge in [-0.1, -0.05) is 108 Å². The number of benzene rings is 1. The molecule has 0 spiro atoms. The van der Waals surface area contributed by atoms with Gasteiger partial charge in [-0.3, -0.25) is 0 Å². The van der Waals surface area contributed by atoms with E-state index in [4.69, 9.17) is 4.74 Å². The predicted octanol–water partition coefficient (Wildman–Crippen LogP) is 8.26. The molecule has 2 aromatic rings. The van der Waals surface area contributed by atoms with Crippen LogP contribution >= 0.6 is 0 Å². The summed E-state index contributed by atoms with van der Waals surface area (Å²) in [5, 5.41) is 0. The van der Waals surface area contributed by atoms with Gasteiger partial charge in [0.2, 0.25) is 0 Å². The molecule has 33 heavy (non-hydrogen) atoms. The number of carbonyl (C=O) groups excluding carboxylic acids is 1. The van der Waals surface area contributed by atoms with E-state index in [0.717, 1.165) is 24.8 Å². The Hall–Kier alpha value is -2.49. The summed E-state index contributed by atoms with van der Waals surface area (Å²) in [6, 6.07) is 8.44. The van der Waals surface area contributed by atoms with E-state index in [-0.39, 0.29) is 5.97 Å². The van der Waals surface area contributed by atoms with E-state index in [2.05, 4.69) is 48.1 Å². The fourth-order valence-corrected chi connectivity index (χ4v) is 3.82. The molecule has 0 aliphatic carbocycles. The SMILES string of the molecule is CCCCCCCCCC=CC(=O)Oc1cnc(-c2ccc(CCCCCCC)cc2)nc1. The second kappa shape index (κ2) is 17.0. The van der Waals surface area contributed by atoms with Crippen molar-refractivity contribution >= 4 is 5.97 Å². The molecule has 1 aromatic carbocycles. The Kier molecular flexibility index (Phi) is 13.8. The number of rotatable bonds is 17. The van der Waals surface area contributed by atoms with Crippen LogP contribution in [0.4, 0.5) is 0 Å². The summed E-state index contributed by atoms with van der Waals surface area (Å²) in [5.74, 6) is 0.629. The molecule has 0 amide bonds. The van der Waals surface area contributed by atoms with Gasteiger partial charge in [0.25, 0.3) is 0 Å². The van der Waals surface area contributed by atoms with E-state index in [1.807, 2.05) is 6.08 Å². The summed E-state index contributed by atoms with van der Waals surface area (Å²) >= 11 is 0. The normalized spacial score (nSPS) is 11.2. The summed E-state index contributed by atoms with van der Waals surface area (Å²) < 4.78 is 5.32. The monoisotopic (exact) mass is 450 g/mol. The third-order valence-corrected chi connectivity index (χ3v) is 5.86. The van der Waals surface area contributed by atoms with Gasteiger partial charge in [0.15, 0.2) is 11.6 Å². The lowest BCUT2D eigenvalue weighted by Gasteiger charge is -2.05. The van der Waals surface area contributed by atoms with Crippen molar-refractivity contribution in [3.8, 4) is 17.1 Å². The number of hydrogen-bond acceptors (Lipinski definition) is 4. The van der Waals surface area contributed by atoms with Gasteiger partial charge in [-0.05, 0) is 31.2 Å². The molecule has 4 nitrogen and oxygen atoms in total. The van der Waals surface area contributed by atoms with Crippen molar-refractivity contribution in [3.63, 3.8) is 0 Å². The highest BCUT2D eigenvalue weighted by Crippen LogP contribution is 2.19. The van der Waals surface area contributed by atoms with Crippen LogP contribution in [0.2, 0.25) is 0 Å². The van der Waals surface area contributed by atoms with Gasteiger partial charge >= 0.3 is 5.97 Å². The number of esters is 1. The fourth-order valence-electron chi connectivity index (χ4n) is 3.82. The van der Waals surface area contributed by atoms with Crippen LogP contribution in [0.1, 0.15) is 103 Å². The first-order chi connectivity index (χ1) is 16.2. The molecule has 1 heterocycles. The van der Waals surface area contributed by atoms with Gasteiger partial charge < -0.3 is 4.74 Å². The van der Waals surface area contributed by atoms with Crippen molar-refractivity contribution in [1.29, 1.82) is 0 Å². The van der Waals surface area contributed by atoms with Crippen LogP contribution in [0.3, 0.4) is 0 Å². The molecular formula is C29H42N2O2. The lowest BCUT2D eigenvalue weighted by Crippen LogP contribution is -2.04. The van der Waals surface area contributed by atoms with Gasteiger partial charge in [0, 0.05) is 11.6 Å². The van der Waals surface area contributed by atoms with E-state index in [1.165, 1.54) is 82.3 Å². The van der Waals surface area contributed by atoms with Crippen LogP contribution < -0.4 is 4.74 Å². The van der Waals surface area contributed by atoms with Gasteiger partial charge in [-0.15, -0.1) is 0 Å². The molecule has 2 rings (SSSR count). The van der Waals surface area contributed by atoms with Crippen LogP contribution in [0.5, 0.6) is 5.75 Å². The van der Waals surface area contributed by atoms with Gasteiger partial charge in [0.05, 0.1) is 12.4 Å². The topological polar surface area (TPSA) is 52.1 Å². The number of ether oxygens (including phenoxy) is 1. The van der Waals surface area contributed by atoms with Gasteiger partial charge in [-0.2, -0.15) is 0 Å². The third kappa shape index (κ3) is 11.8. The van der Waals surface area contributed by atoms with Crippen molar-refractivity contribution in [1.82, 2.24) is 9.97 Å². The molecule has 0 aliphatic heterocycles. The Balaban J connectivity index is 1.69. The zero-order chi connectivity index (χ0) is 23.6. The maximum Gasteiger partial charge on any atom is 0.335 e. The Morgan fingerprint density at radius 3 is 2.00 bits per heavy atom. The van der Waals surface area contributed by atoms with E-state index >= 15 is 0 Å². The van der Waals surface area contributed by atoms with Crippen molar-refractivity contribution < 1.29 is 9.53 Å². The van der Waals surface area contributed by atoms with Crippen LogP contribution in [-0.2, 0) is 11.2 Å². The molecule has 0 saturated carbocycles. The van der Waals surface area contributed by atoms with Gasteiger partial charge in [0.1, 0.15) is 0 Å². The number of carbonyl (C=O) groups is 1. The number of aromatic nitrogens is 2. The van der Waals surface area contributed by atoms with Crippen molar-refractivity contribution in [2.75, 3.05) is 0 Å². The number of unbranched alkanes of at least 4 members (excludes halogenated alkanes) is 11. The first-order valence-electron chi connectivity index (χ1n) is 13.0. The minimum Gasteiger partial charge on any atom is -0.420 e.